The SMILES string of the molecule is CN1C[C@@H](N)C=C2c3cccc4[nH]cc(c34)C[C@H]21. The standard InChI is InChI=1S/C15H17N3/c1-18-8-10(16)6-12-11-3-2-4-13-15(11)9(7-17-13)5-14(12)18/h2-4,6-7,10,14,17H,5,8,16H2,1H3/t10-,14+/m0/s1. The van der Waals surface area contributed by atoms with Crippen molar-refractivity contribution in [3.63, 3.8) is 0 Å². The lowest BCUT2D eigenvalue weighted by atomic mass is 9.81. The largest absolute Gasteiger partial charge is 0.361 e. The second kappa shape index (κ2) is 3.46. The molecule has 0 bridgehead atoms. The second-order valence-corrected chi connectivity index (χ2v) is 5.49. The predicted octanol–water partition coefficient (Wildman–Crippen LogP) is 1.75. The molecule has 2 aliphatic rings. The van der Waals surface area contributed by atoms with Gasteiger partial charge in [0.1, 0.15) is 0 Å². The maximum atomic E-state index is 6.13. The molecule has 4 rings (SSSR count). The molecule has 2 heterocycles. The Bertz CT molecular complexity index is 653. The van der Waals surface area contributed by atoms with Crippen molar-refractivity contribution in [2.45, 2.75) is 18.5 Å². The minimum atomic E-state index is 0.150. The molecule has 0 saturated heterocycles. The maximum Gasteiger partial charge on any atom is 0.0462 e. The number of aromatic amines is 1. The Morgan fingerprint density at radius 2 is 2.28 bits per heavy atom. The van der Waals surface area contributed by atoms with E-state index in [1.54, 1.807) is 0 Å². The van der Waals surface area contributed by atoms with Crippen molar-refractivity contribution in [3.05, 3.63) is 41.6 Å². The van der Waals surface area contributed by atoms with E-state index < -0.39 is 0 Å². The summed E-state index contributed by atoms with van der Waals surface area (Å²) in [4.78, 5) is 5.76. The van der Waals surface area contributed by atoms with Crippen LogP contribution >= 0.6 is 0 Å². The number of benzene rings is 1. The van der Waals surface area contributed by atoms with Crippen LogP contribution in [0.5, 0.6) is 0 Å². The van der Waals surface area contributed by atoms with Gasteiger partial charge in [0.25, 0.3) is 0 Å². The van der Waals surface area contributed by atoms with E-state index in [-0.39, 0.29) is 6.04 Å². The van der Waals surface area contributed by atoms with Crippen molar-refractivity contribution in [3.8, 4) is 0 Å². The first-order valence-electron chi connectivity index (χ1n) is 6.51. The van der Waals surface area contributed by atoms with Crippen LogP contribution in [0.2, 0.25) is 0 Å². The van der Waals surface area contributed by atoms with Gasteiger partial charge in [0.15, 0.2) is 0 Å². The van der Waals surface area contributed by atoms with Gasteiger partial charge in [-0.15, -0.1) is 0 Å². The molecule has 0 unspecified atom stereocenters. The molecule has 1 aromatic carbocycles. The summed E-state index contributed by atoms with van der Waals surface area (Å²) in [6.07, 6.45) is 5.51. The minimum Gasteiger partial charge on any atom is -0.361 e. The molecule has 18 heavy (non-hydrogen) atoms. The van der Waals surface area contributed by atoms with Gasteiger partial charge in [-0.3, -0.25) is 4.90 Å². The number of likely N-dealkylation sites (N-methyl/N-ethyl adjacent to an activating group) is 1. The molecule has 1 aliphatic heterocycles. The molecule has 0 amide bonds. The first-order chi connectivity index (χ1) is 8.74. The molecule has 3 heteroatoms. The zero-order valence-electron chi connectivity index (χ0n) is 10.5. The number of fused-ring (bicyclic) bond motifs is 2. The topological polar surface area (TPSA) is 45.0 Å². The molecule has 0 radical (unpaired) electrons. The van der Waals surface area contributed by atoms with Gasteiger partial charge in [-0.1, -0.05) is 18.2 Å². The number of hydrogen-bond donors (Lipinski definition) is 2. The lowest BCUT2D eigenvalue weighted by molar-refractivity contribution is 0.268. The summed E-state index contributed by atoms with van der Waals surface area (Å²) >= 11 is 0. The van der Waals surface area contributed by atoms with E-state index >= 15 is 0 Å². The van der Waals surface area contributed by atoms with Crippen LogP contribution in [0, 0.1) is 0 Å². The van der Waals surface area contributed by atoms with Gasteiger partial charge >= 0.3 is 0 Å². The molecule has 3 N–H and O–H groups in total. The smallest absolute Gasteiger partial charge is 0.0462 e. The molecule has 0 saturated carbocycles. The van der Waals surface area contributed by atoms with E-state index in [0.29, 0.717) is 6.04 Å². The Hall–Kier alpha value is -1.58. The van der Waals surface area contributed by atoms with Gasteiger partial charge in [0.2, 0.25) is 0 Å². The highest BCUT2D eigenvalue weighted by molar-refractivity contribution is 5.98. The average Bonchev–Trinajstić information content (AvgIpc) is 2.76. The summed E-state index contributed by atoms with van der Waals surface area (Å²) in [5, 5.41) is 1.39. The van der Waals surface area contributed by atoms with Crippen molar-refractivity contribution in [2.75, 3.05) is 13.6 Å². The maximum absolute atomic E-state index is 6.13. The third-order valence-corrected chi connectivity index (χ3v) is 4.30. The van der Waals surface area contributed by atoms with Crippen LogP contribution in [-0.4, -0.2) is 35.6 Å². The third kappa shape index (κ3) is 1.26. The Balaban J connectivity index is 2.02. The van der Waals surface area contributed by atoms with Crippen molar-refractivity contribution in [1.29, 1.82) is 0 Å². The molecule has 1 aliphatic carbocycles. The number of nitrogens with two attached hydrogens (primary N) is 1. The van der Waals surface area contributed by atoms with Crippen LogP contribution < -0.4 is 5.73 Å². The molecule has 2 aromatic rings. The van der Waals surface area contributed by atoms with Crippen LogP contribution in [-0.2, 0) is 6.42 Å². The Kier molecular flexibility index (Phi) is 1.99. The summed E-state index contributed by atoms with van der Waals surface area (Å²) in [6.45, 7) is 0.948. The van der Waals surface area contributed by atoms with Crippen molar-refractivity contribution in [2.24, 2.45) is 5.73 Å². The molecular formula is C15H17N3. The first-order valence-corrected chi connectivity index (χ1v) is 6.51. The fraction of sp³-hybridized carbons (Fsp3) is 0.333. The monoisotopic (exact) mass is 239 g/mol. The van der Waals surface area contributed by atoms with Gasteiger partial charge in [-0.2, -0.15) is 0 Å². The van der Waals surface area contributed by atoms with Crippen molar-refractivity contribution < 1.29 is 0 Å². The Morgan fingerprint density at radius 1 is 1.39 bits per heavy atom. The zero-order chi connectivity index (χ0) is 12.3. The normalized spacial score (nSPS) is 27.1. The molecule has 92 valence electrons. The highest BCUT2D eigenvalue weighted by Crippen LogP contribution is 2.39. The zero-order valence-corrected chi connectivity index (χ0v) is 10.5. The van der Waals surface area contributed by atoms with E-state index in [1.807, 2.05) is 0 Å². The number of aromatic nitrogens is 1. The summed E-state index contributed by atoms with van der Waals surface area (Å²) in [5.74, 6) is 0. The van der Waals surface area contributed by atoms with Crippen LogP contribution in [0.4, 0.5) is 0 Å². The van der Waals surface area contributed by atoms with Crippen LogP contribution in [0.25, 0.3) is 16.5 Å². The van der Waals surface area contributed by atoms with Crippen LogP contribution in [0.3, 0.4) is 0 Å². The van der Waals surface area contributed by atoms with Gasteiger partial charge in [0.05, 0.1) is 0 Å². The van der Waals surface area contributed by atoms with Crippen molar-refractivity contribution >= 4 is 16.5 Å². The van der Waals surface area contributed by atoms with Gasteiger partial charge < -0.3 is 10.7 Å². The molecular weight excluding hydrogens is 222 g/mol. The van der Waals surface area contributed by atoms with E-state index in [1.165, 1.54) is 27.6 Å². The second-order valence-electron chi connectivity index (χ2n) is 5.49. The minimum absolute atomic E-state index is 0.150. The molecule has 2 atom stereocenters. The van der Waals surface area contributed by atoms with E-state index in [4.69, 9.17) is 5.73 Å². The number of hydrogen-bond acceptors (Lipinski definition) is 2. The number of nitrogens with one attached hydrogen (secondary N) is 1. The highest BCUT2D eigenvalue weighted by Gasteiger charge is 2.32. The first kappa shape index (κ1) is 10.4. The number of rotatable bonds is 0. The summed E-state index contributed by atoms with van der Waals surface area (Å²) in [5.41, 5.74) is 11.6. The van der Waals surface area contributed by atoms with Gasteiger partial charge in [0, 0.05) is 35.7 Å². The Morgan fingerprint density at radius 3 is 3.17 bits per heavy atom. The summed E-state index contributed by atoms with van der Waals surface area (Å²) in [7, 11) is 2.18. The average molecular weight is 239 g/mol. The molecule has 3 nitrogen and oxygen atoms in total. The summed E-state index contributed by atoms with van der Waals surface area (Å²) in [6, 6.07) is 7.14. The quantitative estimate of drug-likeness (QED) is 0.735. The van der Waals surface area contributed by atoms with E-state index in [9.17, 15) is 0 Å². The molecule has 0 fully saturated rings. The van der Waals surface area contributed by atoms with Gasteiger partial charge in [-0.05, 0) is 36.2 Å². The summed E-state index contributed by atoms with van der Waals surface area (Å²) < 4.78 is 0. The van der Waals surface area contributed by atoms with E-state index in [0.717, 1.165) is 13.0 Å². The fourth-order valence-electron chi connectivity index (χ4n) is 3.49. The number of nitrogens with zero attached hydrogens (tertiary/aromatic N) is 1. The van der Waals surface area contributed by atoms with Crippen LogP contribution in [0.15, 0.2) is 30.5 Å². The lowest BCUT2D eigenvalue weighted by Crippen LogP contribution is -2.46. The van der Waals surface area contributed by atoms with Gasteiger partial charge in [-0.25, -0.2) is 0 Å². The van der Waals surface area contributed by atoms with Crippen LogP contribution in [0.1, 0.15) is 11.1 Å². The highest BCUT2D eigenvalue weighted by atomic mass is 15.1. The lowest BCUT2D eigenvalue weighted by Gasteiger charge is -2.38. The molecule has 0 spiro atoms. The third-order valence-electron chi connectivity index (χ3n) is 4.30. The molecule has 1 aromatic heterocycles. The van der Waals surface area contributed by atoms with E-state index in [2.05, 4.69) is 47.4 Å². The number of H-pyrrole nitrogens is 1. The fourth-order valence-corrected chi connectivity index (χ4v) is 3.49. The predicted molar refractivity (Wildman–Crippen MR) is 74.4 cm³/mol. The Labute approximate surface area is 106 Å². The van der Waals surface area contributed by atoms with Crippen molar-refractivity contribution in [1.82, 2.24) is 9.88 Å².